The van der Waals surface area contributed by atoms with Crippen LogP contribution in [0, 0.1) is 0 Å². The highest BCUT2D eigenvalue weighted by molar-refractivity contribution is 7.99. The molecule has 10 heteroatoms. The van der Waals surface area contributed by atoms with Crippen molar-refractivity contribution in [2.24, 2.45) is 0 Å². The van der Waals surface area contributed by atoms with Crippen LogP contribution in [0.4, 0.5) is 11.6 Å². The van der Waals surface area contributed by atoms with E-state index in [1.165, 1.54) is 11.8 Å². The Kier molecular flexibility index (Phi) is 7.33. The van der Waals surface area contributed by atoms with E-state index in [2.05, 4.69) is 20.4 Å². The maximum Gasteiger partial charge on any atom is 0.338 e. The molecule has 0 aliphatic carbocycles. The van der Waals surface area contributed by atoms with E-state index >= 15 is 0 Å². The number of anilines is 2. The van der Waals surface area contributed by atoms with Gasteiger partial charge in [-0.2, -0.15) is 0 Å². The Morgan fingerprint density at radius 2 is 1.91 bits per heavy atom. The predicted molar refractivity (Wildman–Crippen MR) is 126 cm³/mol. The van der Waals surface area contributed by atoms with Gasteiger partial charge in [0, 0.05) is 18.8 Å². The highest BCUT2D eigenvalue weighted by Crippen LogP contribution is 2.26. The molecule has 0 radical (unpaired) electrons. The van der Waals surface area contributed by atoms with Gasteiger partial charge in [-0.1, -0.05) is 11.8 Å². The lowest BCUT2D eigenvalue weighted by molar-refractivity contribution is -0.113. The maximum absolute atomic E-state index is 12.5. The molecule has 1 aliphatic rings. The van der Waals surface area contributed by atoms with Crippen LogP contribution in [0.15, 0.2) is 52.2 Å². The summed E-state index contributed by atoms with van der Waals surface area (Å²) in [5.41, 5.74) is 1.05. The number of carbonyl (C=O) groups is 2. The van der Waals surface area contributed by atoms with E-state index in [0.29, 0.717) is 23.0 Å². The number of thioether (sulfide) groups is 1. The second kappa shape index (κ2) is 10.6. The first-order valence-corrected chi connectivity index (χ1v) is 11.9. The fraction of sp³-hybridized carbons (Fsp3) is 0.391. The molecule has 0 saturated carbocycles. The molecule has 9 nitrogen and oxygen atoms in total. The molecule has 3 heterocycles. The molecule has 33 heavy (non-hydrogen) atoms. The highest BCUT2D eigenvalue weighted by Gasteiger charge is 2.22. The third kappa shape index (κ3) is 5.95. The fourth-order valence-corrected chi connectivity index (χ4v) is 4.27. The number of furan rings is 1. The number of hydrogen-bond acceptors (Lipinski definition) is 8. The standard InChI is InChI=1S/C23H27N5O4S/c1-16(2)32-21(30)17-7-9-18(10-8-17)24-20(29)15-33-23-26-25-22(27-11-3-4-12-27)28(23)14-19-6-5-13-31-19/h5-10,13,16H,3-4,11-12,14-15H2,1-2H3,(H,24,29). The minimum absolute atomic E-state index is 0.173. The van der Waals surface area contributed by atoms with Gasteiger partial charge in [0.25, 0.3) is 0 Å². The molecule has 1 amide bonds. The monoisotopic (exact) mass is 469 g/mol. The van der Waals surface area contributed by atoms with Crippen molar-refractivity contribution < 1.29 is 18.7 Å². The summed E-state index contributed by atoms with van der Waals surface area (Å²) in [5, 5.41) is 12.2. The molecule has 0 bridgehead atoms. The number of aromatic nitrogens is 3. The molecule has 3 aromatic rings. The summed E-state index contributed by atoms with van der Waals surface area (Å²) >= 11 is 1.33. The van der Waals surface area contributed by atoms with Gasteiger partial charge in [-0.3, -0.25) is 9.36 Å². The van der Waals surface area contributed by atoms with Crippen molar-refractivity contribution in [3.8, 4) is 0 Å². The molecule has 2 aromatic heterocycles. The van der Waals surface area contributed by atoms with E-state index in [0.717, 1.165) is 37.6 Å². The van der Waals surface area contributed by atoms with Crippen molar-refractivity contribution in [1.29, 1.82) is 0 Å². The van der Waals surface area contributed by atoms with Crippen LogP contribution in [0.25, 0.3) is 0 Å². The van der Waals surface area contributed by atoms with E-state index in [-0.39, 0.29) is 23.7 Å². The Morgan fingerprint density at radius 1 is 1.15 bits per heavy atom. The summed E-state index contributed by atoms with van der Waals surface area (Å²) in [5.74, 6) is 1.22. The number of nitrogens with one attached hydrogen (secondary N) is 1. The van der Waals surface area contributed by atoms with Gasteiger partial charge < -0.3 is 19.4 Å². The van der Waals surface area contributed by atoms with Crippen molar-refractivity contribution in [3.63, 3.8) is 0 Å². The Balaban J connectivity index is 1.38. The number of rotatable bonds is 9. The van der Waals surface area contributed by atoms with Crippen molar-refractivity contribution in [2.75, 3.05) is 29.1 Å². The second-order valence-corrected chi connectivity index (χ2v) is 8.95. The molecule has 0 spiro atoms. The van der Waals surface area contributed by atoms with Crippen LogP contribution in [0.2, 0.25) is 0 Å². The van der Waals surface area contributed by atoms with E-state index in [1.54, 1.807) is 44.4 Å². The first kappa shape index (κ1) is 22.9. The summed E-state index contributed by atoms with van der Waals surface area (Å²) in [7, 11) is 0. The zero-order chi connectivity index (χ0) is 23.2. The predicted octanol–water partition coefficient (Wildman–Crippen LogP) is 3.82. The van der Waals surface area contributed by atoms with Gasteiger partial charge in [0.05, 0.1) is 30.2 Å². The summed E-state index contributed by atoms with van der Waals surface area (Å²) < 4.78 is 12.7. The Labute approximate surface area is 196 Å². The summed E-state index contributed by atoms with van der Waals surface area (Å²) in [6.07, 6.45) is 3.72. The van der Waals surface area contributed by atoms with Crippen molar-refractivity contribution in [2.45, 2.75) is 44.5 Å². The van der Waals surface area contributed by atoms with Crippen LogP contribution >= 0.6 is 11.8 Å². The lowest BCUT2D eigenvalue weighted by atomic mass is 10.2. The van der Waals surface area contributed by atoms with Crippen LogP contribution in [-0.4, -0.2) is 51.6 Å². The van der Waals surface area contributed by atoms with Gasteiger partial charge in [0.2, 0.25) is 11.9 Å². The number of ether oxygens (including phenoxy) is 1. The number of hydrogen-bond donors (Lipinski definition) is 1. The number of amides is 1. The minimum Gasteiger partial charge on any atom is -0.467 e. The highest BCUT2D eigenvalue weighted by atomic mass is 32.2. The Bertz CT molecular complexity index is 1070. The van der Waals surface area contributed by atoms with Gasteiger partial charge in [-0.15, -0.1) is 10.2 Å². The quantitative estimate of drug-likeness (QED) is 0.373. The third-order valence-corrected chi connectivity index (χ3v) is 6.03. The molecule has 0 unspecified atom stereocenters. The zero-order valence-corrected chi connectivity index (χ0v) is 19.5. The van der Waals surface area contributed by atoms with Crippen molar-refractivity contribution >= 4 is 35.3 Å². The second-order valence-electron chi connectivity index (χ2n) is 8.01. The number of esters is 1. The van der Waals surface area contributed by atoms with Gasteiger partial charge in [-0.05, 0) is 63.1 Å². The van der Waals surface area contributed by atoms with Gasteiger partial charge in [-0.25, -0.2) is 4.79 Å². The summed E-state index contributed by atoms with van der Waals surface area (Å²) in [6.45, 7) is 6.00. The average Bonchev–Trinajstić information content (AvgIpc) is 3.55. The first-order valence-electron chi connectivity index (χ1n) is 10.9. The minimum atomic E-state index is -0.386. The van der Waals surface area contributed by atoms with Crippen LogP contribution in [-0.2, 0) is 16.1 Å². The molecule has 174 valence electrons. The molecule has 1 fully saturated rings. The van der Waals surface area contributed by atoms with Crippen molar-refractivity contribution in [3.05, 3.63) is 54.0 Å². The van der Waals surface area contributed by atoms with Crippen LogP contribution in [0.5, 0.6) is 0 Å². The first-order chi connectivity index (χ1) is 16.0. The Hall–Kier alpha value is -3.27. The largest absolute Gasteiger partial charge is 0.467 e. The zero-order valence-electron chi connectivity index (χ0n) is 18.7. The van der Waals surface area contributed by atoms with E-state index in [9.17, 15) is 9.59 Å². The fourth-order valence-electron chi connectivity index (χ4n) is 3.53. The Morgan fingerprint density at radius 3 is 2.58 bits per heavy atom. The molecule has 4 rings (SSSR count). The normalized spacial score (nSPS) is 13.5. The van der Waals surface area contributed by atoms with Crippen LogP contribution in [0.3, 0.4) is 0 Å². The molecule has 1 N–H and O–H groups in total. The van der Waals surface area contributed by atoms with Gasteiger partial charge >= 0.3 is 5.97 Å². The molecule has 1 aliphatic heterocycles. The van der Waals surface area contributed by atoms with E-state index in [1.807, 2.05) is 16.7 Å². The van der Waals surface area contributed by atoms with E-state index < -0.39 is 0 Å². The van der Waals surface area contributed by atoms with Gasteiger partial charge in [0.1, 0.15) is 5.76 Å². The average molecular weight is 470 g/mol. The third-order valence-electron chi connectivity index (χ3n) is 5.06. The molecule has 1 saturated heterocycles. The molecule has 1 aromatic carbocycles. The summed E-state index contributed by atoms with van der Waals surface area (Å²) in [4.78, 5) is 26.7. The smallest absolute Gasteiger partial charge is 0.338 e. The molecular formula is C23H27N5O4S. The summed E-state index contributed by atoms with van der Waals surface area (Å²) in [6, 6.07) is 10.4. The SMILES string of the molecule is CC(C)OC(=O)c1ccc(NC(=O)CSc2nnc(N3CCCC3)n2Cc2ccco2)cc1. The van der Waals surface area contributed by atoms with Gasteiger partial charge in [0.15, 0.2) is 5.16 Å². The number of carbonyl (C=O) groups excluding carboxylic acids is 2. The maximum atomic E-state index is 12.5. The molecular weight excluding hydrogens is 442 g/mol. The van der Waals surface area contributed by atoms with E-state index in [4.69, 9.17) is 9.15 Å². The lowest BCUT2D eigenvalue weighted by Crippen LogP contribution is -2.22. The van der Waals surface area contributed by atoms with Crippen LogP contribution in [0.1, 0.15) is 42.8 Å². The number of benzene rings is 1. The van der Waals surface area contributed by atoms with Crippen molar-refractivity contribution in [1.82, 2.24) is 14.8 Å². The molecule has 0 atom stereocenters. The van der Waals surface area contributed by atoms with Crippen LogP contribution < -0.4 is 10.2 Å². The lowest BCUT2D eigenvalue weighted by Gasteiger charge is -2.17. The number of nitrogens with zero attached hydrogens (tertiary/aromatic N) is 4. The topological polar surface area (TPSA) is 102 Å².